The van der Waals surface area contributed by atoms with Crippen LogP contribution < -0.4 is 5.73 Å². The lowest BCUT2D eigenvalue weighted by Gasteiger charge is -2.13. The van der Waals surface area contributed by atoms with E-state index in [1.807, 2.05) is 13.8 Å². The summed E-state index contributed by atoms with van der Waals surface area (Å²) in [5, 5.41) is 0. The van der Waals surface area contributed by atoms with Crippen molar-refractivity contribution < 1.29 is 13.2 Å². The highest BCUT2D eigenvalue weighted by molar-refractivity contribution is 5.97. The van der Waals surface area contributed by atoms with E-state index in [-0.39, 0.29) is 12.0 Å². The number of aliphatic imine (C=N–C) groups is 1. The smallest absolute Gasteiger partial charge is 0.395 e. The van der Waals surface area contributed by atoms with E-state index in [0.717, 1.165) is 18.9 Å². The summed E-state index contributed by atoms with van der Waals surface area (Å²) in [6.07, 6.45) is -1.61. The first-order valence-corrected chi connectivity index (χ1v) is 6.73. The van der Waals surface area contributed by atoms with E-state index >= 15 is 0 Å². The summed E-state index contributed by atoms with van der Waals surface area (Å²) in [5.74, 6) is 1.09. The summed E-state index contributed by atoms with van der Waals surface area (Å²) in [6, 6.07) is 0.125. The number of hydrogen-bond donors (Lipinski definition) is 1. The molecule has 2 nitrogen and oxygen atoms in total. The Balaban J connectivity index is 2.90. The third-order valence-electron chi connectivity index (χ3n) is 3.81. The zero-order chi connectivity index (χ0) is 14.8. The van der Waals surface area contributed by atoms with E-state index < -0.39 is 11.9 Å². The fourth-order valence-electron chi connectivity index (χ4n) is 2.33. The van der Waals surface area contributed by atoms with Crippen molar-refractivity contribution in [1.82, 2.24) is 0 Å². The van der Waals surface area contributed by atoms with Gasteiger partial charge in [0, 0.05) is 5.71 Å². The number of halogens is 3. The van der Waals surface area contributed by atoms with Crippen molar-refractivity contribution in [2.45, 2.75) is 52.8 Å². The lowest BCUT2D eigenvalue weighted by atomic mass is 10.0. The molecule has 0 heterocycles. The molecule has 1 rings (SSSR count). The molecule has 1 saturated carbocycles. The van der Waals surface area contributed by atoms with Crippen LogP contribution in [0.5, 0.6) is 0 Å². The van der Waals surface area contributed by atoms with Crippen LogP contribution in [0.4, 0.5) is 13.2 Å². The molecule has 1 aliphatic carbocycles. The van der Waals surface area contributed by atoms with Crippen molar-refractivity contribution in [2.75, 3.05) is 0 Å². The molecule has 1 fully saturated rings. The predicted octanol–water partition coefficient (Wildman–Crippen LogP) is 3.92. The summed E-state index contributed by atoms with van der Waals surface area (Å²) < 4.78 is 37.4. The van der Waals surface area contributed by atoms with Gasteiger partial charge in [0.25, 0.3) is 0 Å². The first kappa shape index (κ1) is 16.1. The second-order valence-electron chi connectivity index (χ2n) is 5.89. The second kappa shape index (κ2) is 5.97. The maximum absolute atomic E-state index is 12.5. The minimum atomic E-state index is -4.48. The summed E-state index contributed by atoms with van der Waals surface area (Å²) in [4.78, 5) is 4.49. The minimum Gasteiger partial charge on any atom is -0.395 e. The Bertz CT molecular complexity index is 359. The van der Waals surface area contributed by atoms with Crippen molar-refractivity contribution in [1.29, 1.82) is 0 Å². The Hall–Kier alpha value is -1.00. The zero-order valence-corrected chi connectivity index (χ0v) is 12.0. The number of alkyl halides is 3. The highest BCUT2D eigenvalue weighted by atomic mass is 19.4. The van der Waals surface area contributed by atoms with Crippen LogP contribution in [-0.2, 0) is 0 Å². The fourth-order valence-corrected chi connectivity index (χ4v) is 2.33. The van der Waals surface area contributed by atoms with Crippen LogP contribution in [0.25, 0.3) is 0 Å². The molecule has 2 N–H and O–H groups in total. The topological polar surface area (TPSA) is 38.4 Å². The number of allylic oxidation sites excluding steroid dienone is 2. The van der Waals surface area contributed by atoms with Crippen LogP contribution in [0.3, 0.4) is 0 Å². The van der Waals surface area contributed by atoms with E-state index in [2.05, 4.69) is 18.8 Å². The van der Waals surface area contributed by atoms with Gasteiger partial charge in [-0.05, 0) is 36.7 Å². The summed E-state index contributed by atoms with van der Waals surface area (Å²) in [6.45, 7) is 7.99. The zero-order valence-electron chi connectivity index (χ0n) is 12.0. The fraction of sp³-hybridized carbons (Fsp3) is 0.786. The van der Waals surface area contributed by atoms with Crippen LogP contribution in [0.1, 0.15) is 40.5 Å². The molecule has 0 spiro atoms. The molecule has 0 radical (unpaired) electrons. The Morgan fingerprint density at radius 3 is 2.05 bits per heavy atom. The maximum atomic E-state index is 12.5. The van der Waals surface area contributed by atoms with E-state index in [1.54, 1.807) is 0 Å². The minimum absolute atomic E-state index is 0.0629. The monoisotopic (exact) mass is 276 g/mol. The molecule has 0 aliphatic heterocycles. The number of hydrogen-bond acceptors (Lipinski definition) is 2. The van der Waals surface area contributed by atoms with Gasteiger partial charge in [-0.1, -0.05) is 27.7 Å². The van der Waals surface area contributed by atoms with Gasteiger partial charge in [-0.15, -0.1) is 0 Å². The summed E-state index contributed by atoms with van der Waals surface area (Å²) in [5.41, 5.74) is 4.45. The standard InChI is InChI=1S/C14H23F3N2/c1-8(2)12(7-13(18)14(15,16)17)19-11-5-9(3)10(4)6-11/h7-11H,5-6,18H2,1-4H3. The van der Waals surface area contributed by atoms with E-state index in [1.165, 1.54) is 0 Å². The van der Waals surface area contributed by atoms with Crippen LogP contribution in [0, 0.1) is 17.8 Å². The lowest BCUT2D eigenvalue weighted by molar-refractivity contribution is -0.0925. The van der Waals surface area contributed by atoms with Gasteiger partial charge in [-0.2, -0.15) is 13.2 Å². The number of nitrogens with two attached hydrogens (primary N) is 1. The Morgan fingerprint density at radius 1 is 1.21 bits per heavy atom. The van der Waals surface area contributed by atoms with Crippen molar-refractivity contribution in [3.63, 3.8) is 0 Å². The first-order valence-electron chi connectivity index (χ1n) is 6.73. The van der Waals surface area contributed by atoms with E-state index in [4.69, 9.17) is 5.73 Å². The molecule has 110 valence electrons. The van der Waals surface area contributed by atoms with Gasteiger partial charge in [0.05, 0.1) is 6.04 Å². The largest absolute Gasteiger partial charge is 0.430 e. The quantitative estimate of drug-likeness (QED) is 0.779. The van der Waals surface area contributed by atoms with Gasteiger partial charge < -0.3 is 5.73 Å². The lowest BCUT2D eigenvalue weighted by Crippen LogP contribution is -2.22. The second-order valence-corrected chi connectivity index (χ2v) is 5.89. The van der Waals surface area contributed by atoms with Crippen LogP contribution in [-0.4, -0.2) is 17.9 Å². The Kier molecular flexibility index (Phi) is 5.04. The molecular formula is C14H23F3N2. The average Bonchev–Trinajstić information content (AvgIpc) is 2.55. The molecule has 2 atom stereocenters. The van der Waals surface area contributed by atoms with Crippen LogP contribution in [0.15, 0.2) is 16.8 Å². The van der Waals surface area contributed by atoms with Crippen LogP contribution in [0.2, 0.25) is 0 Å². The molecule has 2 unspecified atom stereocenters. The maximum Gasteiger partial charge on any atom is 0.430 e. The molecule has 0 aromatic heterocycles. The SMILES string of the molecule is CC(C)C(C=C(N)C(F)(F)F)=NC1CC(C)C(C)C1. The normalized spacial score (nSPS) is 30.2. The highest BCUT2D eigenvalue weighted by Crippen LogP contribution is 2.33. The predicted molar refractivity (Wildman–Crippen MR) is 71.9 cm³/mol. The molecule has 0 amide bonds. The average molecular weight is 276 g/mol. The van der Waals surface area contributed by atoms with Crippen molar-refractivity contribution in [3.8, 4) is 0 Å². The van der Waals surface area contributed by atoms with Gasteiger partial charge in [-0.3, -0.25) is 4.99 Å². The third-order valence-corrected chi connectivity index (χ3v) is 3.81. The van der Waals surface area contributed by atoms with E-state index in [0.29, 0.717) is 17.5 Å². The first-order chi connectivity index (χ1) is 8.61. The van der Waals surface area contributed by atoms with Gasteiger partial charge in [0.1, 0.15) is 5.70 Å². The van der Waals surface area contributed by atoms with Gasteiger partial charge in [0.2, 0.25) is 0 Å². The highest BCUT2D eigenvalue weighted by Gasteiger charge is 2.32. The molecule has 0 aromatic carbocycles. The summed E-state index contributed by atoms with van der Waals surface area (Å²) >= 11 is 0. The van der Waals surface area contributed by atoms with Gasteiger partial charge in [0.15, 0.2) is 0 Å². The Morgan fingerprint density at radius 2 is 1.68 bits per heavy atom. The molecule has 1 aliphatic rings. The Labute approximate surface area is 113 Å². The van der Waals surface area contributed by atoms with Crippen molar-refractivity contribution >= 4 is 5.71 Å². The van der Waals surface area contributed by atoms with Crippen molar-refractivity contribution in [3.05, 3.63) is 11.8 Å². The summed E-state index contributed by atoms with van der Waals surface area (Å²) in [7, 11) is 0. The number of nitrogens with zero attached hydrogens (tertiary/aromatic N) is 1. The van der Waals surface area contributed by atoms with Gasteiger partial charge in [-0.25, -0.2) is 0 Å². The molecule has 0 bridgehead atoms. The van der Waals surface area contributed by atoms with Crippen LogP contribution >= 0.6 is 0 Å². The molecule has 0 aromatic rings. The molecule has 19 heavy (non-hydrogen) atoms. The third kappa shape index (κ3) is 4.55. The van der Waals surface area contributed by atoms with E-state index in [9.17, 15) is 13.2 Å². The molecule has 5 heteroatoms. The molecular weight excluding hydrogens is 253 g/mol. The number of rotatable bonds is 3. The molecule has 0 saturated heterocycles. The van der Waals surface area contributed by atoms with Gasteiger partial charge >= 0.3 is 6.18 Å². The van der Waals surface area contributed by atoms with Crippen molar-refractivity contribution in [2.24, 2.45) is 28.5 Å².